The number of para-hydroxylation sites is 1. The predicted molar refractivity (Wildman–Crippen MR) is 68.4 cm³/mol. The molecule has 1 unspecified atom stereocenters. The molecule has 1 rings (SSSR count). The lowest BCUT2D eigenvalue weighted by Crippen LogP contribution is -2.33. The van der Waals surface area contributed by atoms with E-state index in [1.54, 1.807) is 0 Å². The van der Waals surface area contributed by atoms with Crippen LogP contribution in [0.15, 0.2) is 30.3 Å². The quantitative estimate of drug-likeness (QED) is 0.726. The number of nitrogens with zero attached hydrogens (tertiary/aromatic N) is 2. The maximum Gasteiger partial charge on any atom is 0.0640 e. The van der Waals surface area contributed by atoms with Gasteiger partial charge in [0.2, 0.25) is 0 Å². The number of rotatable bonds is 6. The lowest BCUT2D eigenvalue weighted by molar-refractivity contribution is 0.583. The molecule has 0 aliphatic carbocycles. The molecule has 0 aliphatic rings. The van der Waals surface area contributed by atoms with E-state index >= 15 is 0 Å². The number of hydrogen-bond acceptors (Lipinski definition) is 2. The summed E-state index contributed by atoms with van der Waals surface area (Å²) in [6.45, 7) is 5.25. The van der Waals surface area contributed by atoms with Crippen LogP contribution in [0.3, 0.4) is 0 Å². The molecule has 0 N–H and O–H groups in total. The van der Waals surface area contributed by atoms with E-state index in [4.69, 9.17) is 5.26 Å². The van der Waals surface area contributed by atoms with Crippen molar-refractivity contribution in [2.75, 3.05) is 11.4 Å². The van der Waals surface area contributed by atoms with Gasteiger partial charge in [0, 0.05) is 18.3 Å². The molecule has 86 valence electrons. The normalized spacial score (nSPS) is 11.8. The molecule has 2 heteroatoms. The Morgan fingerprint density at radius 3 is 2.56 bits per heavy atom. The van der Waals surface area contributed by atoms with E-state index in [-0.39, 0.29) is 0 Å². The van der Waals surface area contributed by atoms with Gasteiger partial charge in [-0.05, 0) is 25.5 Å². The van der Waals surface area contributed by atoms with Gasteiger partial charge in [-0.1, -0.05) is 31.5 Å². The van der Waals surface area contributed by atoms with E-state index in [1.165, 1.54) is 18.5 Å². The monoisotopic (exact) mass is 216 g/mol. The first-order valence-corrected chi connectivity index (χ1v) is 5.98. The van der Waals surface area contributed by atoms with Crippen LogP contribution in [-0.2, 0) is 0 Å². The van der Waals surface area contributed by atoms with Crippen LogP contribution >= 0.6 is 0 Å². The summed E-state index contributed by atoms with van der Waals surface area (Å²) >= 11 is 0. The van der Waals surface area contributed by atoms with E-state index in [9.17, 15) is 0 Å². The van der Waals surface area contributed by atoms with E-state index in [0.29, 0.717) is 12.5 Å². The third kappa shape index (κ3) is 3.58. The topological polar surface area (TPSA) is 27.0 Å². The summed E-state index contributed by atoms with van der Waals surface area (Å²) in [5.41, 5.74) is 1.22. The van der Waals surface area contributed by atoms with Gasteiger partial charge in [-0.2, -0.15) is 5.26 Å². The molecule has 0 radical (unpaired) electrons. The molecule has 1 atom stereocenters. The number of nitriles is 1. The van der Waals surface area contributed by atoms with Crippen LogP contribution in [0, 0.1) is 11.3 Å². The van der Waals surface area contributed by atoms with Crippen molar-refractivity contribution in [1.82, 2.24) is 0 Å². The van der Waals surface area contributed by atoms with E-state index in [0.717, 1.165) is 6.54 Å². The molecule has 0 fully saturated rings. The van der Waals surface area contributed by atoms with Crippen LogP contribution in [0.4, 0.5) is 5.69 Å². The Bertz CT molecular complexity index is 326. The lowest BCUT2D eigenvalue weighted by Gasteiger charge is -2.30. The van der Waals surface area contributed by atoms with Crippen molar-refractivity contribution >= 4 is 5.69 Å². The molecule has 0 bridgehead atoms. The second-order valence-corrected chi connectivity index (χ2v) is 4.07. The minimum absolute atomic E-state index is 0.501. The standard InChI is InChI=1S/C14H20N2/c1-3-8-13(2)16(12-7-11-15)14-9-5-4-6-10-14/h4-6,9-10,13H,3,7-8,12H2,1-2H3. The minimum atomic E-state index is 0.501. The lowest BCUT2D eigenvalue weighted by atomic mass is 10.1. The Morgan fingerprint density at radius 2 is 2.00 bits per heavy atom. The zero-order chi connectivity index (χ0) is 11.8. The van der Waals surface area contributed by atoms with Gasteiger partial charge in [0.25, 0.3) is 0 Å². The molecule has 1 aromatic carbocycles. The van der Waals surface area contributed by atoms with Crippen LogP contribution < -0.4 is 4.90 Å². The number of hydrogen-bond donors (Lipinski definition) is 0. The van der Waals surface area contributed by atoms with Crippen molar-refractivity contribution in [1.29, 1.82) is 5.26 Å². The van der Waals surface area contributed by atoms with Gasteiger partial charge in [-0.3, -0.25) is 0 Å². The van der Waals surface area contributed by atoms with Crippen LogP contribution in [0.2, 0.25) is 0 Å². The molecule has 0 amide bonds. The SMILES string of the molecule is CCCC(C)N(CCC#N)c1ccccc1. The summed E-state index contributed by atoms with van der Waals surface area (Å²) < 4.78 is 0. The van der Waals surface area contributed by atoms with Gasteiger partial charge < -0.3 is 4.90 Å². The molecule has 1 aromatic rings. The number of anilines is 1. The maximum atomic E-state index is 8.70. The van der Waals surface area contributed by atoms with Crippen molar-refractivity contribution in [3.8, 4) is 6.07 Å². The fourth-order valence-corrected chi connectivity index (χ4v) is 1.97. The van der Waals surface area contributed by atoms with Crippen LogP contribution in [-0.4, -0.2) is 12.6 Å². The zero-order valence-corrected chi connectivity index (χ0v) is 10.2. The highest BCUT2D eigenvalue weighted by molar-refractivity contribution is 5.46. The minimum Gasteiger partial charge on any atom is -0.368 e. The average molecular weight is 216 g/mol. The molecule has 0 aromatic heterocycles. The van der Waals surface area contributed by atoms with Crippen LogP contribution in [0.25, 0.3) is 0 Å². The second kappa shape index (κ2) is 6.90. The third-order valence-electron chi connectivity index (χ3n) is 2.79. The highest BCUT2D eigenvalue weighted by Gasteiger charge is 2.12. The summed E-state index contributed by atoms with van der Waals surface area (Å²) in [5.74, 6) is 0. The van der Waals surface area contributed by atoms with E-state index < -0.39 is 0 Å². The Labute approximate surface area is 98.5 Å². The first-order valence-electron chi connectivity index (χ1n) is 5.98. The van der Waals surface area contributed by atoms with Crippen LogP contribution in [0.1, 0.15) is 33.1 Å². The van der Waals surface area contributed by atoms with Crippen molar-refractivity contribution in [2.45, 2.75) is 39.2 Å². The average Bonchev–Trinajstić information content (AvgIpc) is 2.31. The first-order chi connectivity index (χ1) is 7.79. The molecule has 0 heterocycles. The van der Waals surface area contributed by atoms with Gasteiger partial charge in [-0.25, -0.2) is 0 Å². The van der Waals surface area contributed by atoms with Crippen molar-refractivity contribution in [3.63, 3.8) is 0 Å². The summed E-state index contributed by atoms with van der Waals surface area (Å²) in [5, 5.41) is 8.70. The predicted octanol–water partition coefficient (Wildman–Crippen LogP) is 3.60. The highest BCUT2D eigenvalue weighted by atomic mass is 15.2. The molecule has 2 nitrogen and oxygen atoms in total. The second-order valence-electron chi connectivity index (χ2n) is 4.07. The Kier molecular flexibility index (Phi) is 5.42. The summed E-state index contributed by atoms with van der Waals surface area (Å²) in [7, 11) is 0. The van der Waals surface area contributed by atoms with Gasteiger partial charge >= 0.3 is 0 Å². The summed E-state index contributed by atoms with van der Waals surface area (Å²) in [6, 6.07) is 13.1. The zero-order valence-electron chi connectivity index (χ0n) is 10.2. The fraction of sp³-hybridized carbons (Fsp3) is 0.500. The third-order valence-corrected chi connectivity index (χ3v) is 2.79. The Balaban J connectivity index is 2.75. The van der Waals surface area contributed by atoms with Crippen LogP contribution in [0.5, 0.6) is 0 Å². The molecule has 0 spiro atoms. The van der Waals surface area contributed by atoms with Crippen molar-refractivity contribution in [3.05, 3.63) is 30.3 Å². The molecular formula is C14H20N2. The fourth-order valence-electron chi connectivity index (χ4n) is 1.97. The maximum absolute atomic E-state index is 8.70. The van der Waals surface area contributed by atoms with Gasteiger partial charge in [0.1, 0.15) is 0 Å². The first kappa shape index (κ1) is 12.6. The Morgan fingerprint density at radius 1 is 1.31 bits per heavy atom. The molecular weight excluding hydrogens is 196 g/mol. The molecule has 0 aliphatic heterocycles. The molecule has 0 saturated carbocycles. The summed E-state index contributed by atoms with van der Waals surface area (Å²) in [4.78, 5) is 2.33. The summed E-state index contributed by atoms with van der Waals surface area (Å²) in [6.07, 6.45) is 2.93. The largest absolute Gasteiger partial charge is 0.368 e. The van der Waals surface area contributed by atoms with E-state index in [1.807, 2.05) is 18.2 Å². The Hall–Kier alpha value is -1.49. The van der Waals surface area contributed by atoms with Gasteiger partial charge in [0.15, 0.2) is 0 Å². The smallest absolute Gasteiger partial charge is 0.0640 e. The van der Waals surface area contributed by atoms with Gasteiger partial charge in [0.05, 0.1) is 12.5 Å². The highest BCUT2D eigenvalue weighted by Crippen LogP contribution is 2.19. The van der Waals surface area contributed by atoms with Crippen molar-refractivity contribution < 1.29 is 0 Å². The number of benzene rings is 1. The molecule has 0 saturated heterocycles. The van der Waals surface area contributed by atoms with Gasteiger partial charge in [-0.15, -0.1) is 0 Å². The van der Waals surface area contributed by atoms with Crippen molar-refractivity contribution in [2.24, 2.45) is 0 Å². The molecule has 16 heavy (non-hydrogen) atoms. The van der Waals surface area contributed by atoms with E-state index in [2.05, 4.69) is 36.9 Å².